The molecule has 3 heterocycles. The highest BCUT2D eigenvalue weighted by Crippen LogP contribution is 2.34. The number of nitrogens with zero attached hydrogens (tertiary/aromatic N) is 7. The molecule has 8 nitrogen and oxygen atoms in total. The molecule has 32 heavy (non-hydrogen) atoms. The molecule has 0 spiro atoms. The molecule has 0 saturated heterocycles. The van der Waals surface area contributed by atoms with Gasteiger partial charge in [-0.1, -0.05) is 62.5 Å². The van der Waals surface area contributed by atoms with Gasteiger partial charge in [0.2, 0.25) is 5.82 Å². The molecule has 0 saturated carbocycles. The zero-order valence-corrected chi connectivity index (χ0v) is 19.9. The Hall–Kier alpha value is -2.71. The second-order valence-electron chi connectivity index (χ2n) is 7.86. The Bertz CT molecular complexity index is 1160. The van der Waals surface area contributed by atoms with Crippen molar-refractivity contribution in [2.75, 3.05) is 0 Å². The van der Waals surface area contributed by atoms with Crippen molar-refractivity contribution in [1.82, 2.24) is 40.0 Å². The highest BCUT2D eigenvalue weighted by Gasteiger charge is 2.20. The molecule has 1 atom stereocenters. The first-order chi connectivity index (χ1) is 15.5. The van der Waals surface area contributed by atoms with Crippen molar-refractivity contribution in [2.24, 2.45) is 0 Å². The average molecular weight is 473 g/mol. The van der Waals surface area contributed by atoms with Gasteiger partial charge in [0, 0.05) is 18.0 Å². The molecule has 4 rings (SSSR count). The number of hydrogen-bond acceptors (Lipinski definition) is 5. The maximum Gasteiger partial charge on any atom is 0.222 e. The van der Waals surface area contributed by atoms with Crippen molar-refractivity contribution < 1.29 is 0 Å². The Kier molecular flexibility index (Phi) is 6.91. The van der Waals surface area contributed by atoms with Gasteiger partial charge in [0.15, 0.2) is 5.82 Å². The Morgan fingerprint density at radius 1 is 1.12 bits per heavy atom. The maximum absolute atomic E-state index is 6.46. The topological polar surface area (TPSA) is 90.1 Å². The molecule has 0 aliphatic rings. The van der Waals surface area contributed by atoms with Crippen molar-refractivity contribution in [3.63, 3.8) is 0 Å². The van der Waals surface area contributed by atoms with E-state index in [0.29, 0.717) is 34.2 Å². The normalized spacial score (nSPS) is 12.4. The van der Waals surface area contributed by atoms with Gasteiger partial charge in [0.05, 0.1) is 11.6 Å². The number of hydrogen-bond donors (Lipinski definition) is 1. The summed E-state index contributed by atoms with van der Waals surface area (Å²) in [5.74, 6) is 2.70. The zero-order chi connectivity index (χ0) is 22.7. The summed E-state index contributed by atoms with van der Waals surface area (Å²) in [5, 5.41) is 19.9. The fourth-order valence-corrected chi connectivity index (χ4v) is 4.15. The molecular weight excluding hydrogens is 447 g/mol. The number of tetrazole rings is 1. The van der Waals surface area contributed by atoms with E-state index in [0.717, 1.165) is 48.6 Å². The fourth-order valence-electron chi connectivity index (χ4n) is 3.53. The van der Waals surface area contributed by atoms with Gasteiger partial charge in [-0.3, -0.25) is 4.57 Å². The van der Waals surface area contributed by atoms with Gasteiger partial charge in [0.1, 0.15) is 16.7 Å². The number of unbranched alkanes of at least 4 members (excludes halogenated alkanes) is 1. The van der Waals surface area contributed by atoms with Crippen molar-refractivity contribution in [2.45, 2.75) is 58.9 Å². The van der Waals surface area contributed by atoms with Crippen LogP contribution in [0.5, 0.6) is 0 Å². The van der Waals surface area contributed by atoms with E-state index in [4.69, 9.17) is 33.3 Å². The molecule has 4 aromatic rings. The molecule has 1 aromatic carbocycles. The van der Waals surface area contributed by atoms with E-state index in [1.807, 2.05) is 21.4 Å². The Morgan fingerprint density at radius 3 is 2.56 bits per heavy atom. The molecule has 0 amide bonds. The van der Waals surface area contributed by atoms with Gasteiger partial charge in [0.25, 0.3) is 0 Å². The number of halogens is 2. The lowest BCUT2D eigenvalue weighted by Gasteiger charge is -2.11. The van der Waals surface area contributed by atoms with Gasteiger partial charge >= 0.3 is 0 Å². The van der Waals surface area contributed by atoms with E-state index in [1.165, 1.54) is 0 Å². The van der Waals surface area contributed by atoms with Crippen molar-refractivity contribution >= 4 is 23.2 Å². The van der Waals surface area contributed by atoms with Crippen LogP contribution in [0, 0.1) is 0 Å². The Labute approximate surface area is 197 Å². The van der Waals surface area contributed by atoms with Gasteiger partial charge in [-0.15, -0.1) is 10.2 Å². The number of nitrogens with one attached hydrogen (secondary N) is 1. The summed E-state index contributed by atoms with van der Waals surface area (Å²) in [6.45, 7) is 7.19. The molecular formula is C22H26Cl2N8. The molecule has 0 aliphatic carbocycles. The number of aryl methyl sites for hydroxylation is 1. The lowest BCUT2D eigenvalue weighted by molar-refractivity contribution is 0.602. The monoisotopic (exact) mass is 472 g/mol. The van der Waals surface area contributed by atoms with Crippen LogP contribution >= 0.6 is 23.2 Å². The summed E-state index contributed by atoms with van der Waals surface area (Å²) in [5.41, 5.74) is 2.58. The maximum atomic E-state index is 6.46. The van der Waals surface area contributed by atoms with Crippen molar-refractivity contribution in [3.8, 4) is 17.2 Å². The zero-order valence-electron chi connectivity index (χ0n) is 18.4. The van der Waals surface area contributed by atoms with Gasteiger partial charge in [-0.2, -0.15) is 10.3 Å². The minimum Gasteiger partial charge on any atom is -0.296 e. The molecule has 0 fully saturated rings. The Morgan fingerprint density at radius 2 is 1.91 bits per heavy atom. The third kappa shape index (κ3) is 4.56. The first kappa shape index (κ1) is 22.5. The minimum atomic E-state index is 0.350. The van der Waals surface area contributed by atoms with Crippen LogP contribution in [0.25, 0.3) is 17.2 Å². The van der Waals surface area contributed by atoms with E-state index < -0.39 is 0 Å². The summed E-state index contributed by atoms with van der Waals surface area (Å²) in [4.78, 5) is 4.83. The number of H-pyrrole nitrogens is 1. The molecule has 1 N–H and O–H groups in total. The van der Waals surface area contributed by atoms with Crippen LogP contribution in [-0.4, -0.2) is 40.0 Å². The summed E-state index contributed by atoms with van der Waals surface area (Å²) in [6.07, 6.45) is 4.19. The second kappa shape index (κ2) is 9.83. The highest BCUT2D eigenvalue weighted by atomic mass is 35.5. The summed E-state index contributed by atoms with van der Waals surface area (Å²) >= 11 is 12.8. The van der Waals surface area contributed by atoms with E-state index in [2.05, 4.69) is 53.5 Å². The predicted molar refractivity (Wildman–Crippen MR) is 125 cm³/mol. The number of rotatable bonds is 9. The van der Waals surface area contributed by atoms with E-state index in [-0.39, 0.29) is 0 Å². The third-order valence-corrected chi connectivity index (χ3v) is 6.13. The van der Waals surface area contributed by atoms with Crippen LogP contribution in [0.15, 0.2) is 30.3 Å². The van der Waals surface area contributed by atoms with Crippen LogP contribution < -0.4 is 0 Å². The first-order valence-corrected chi connectivity index (χ1v) is 11.6. The number of aromatic nitrogens is 8. The predicted octanol–water partition coefficient (Wildman–Crippen LogP) is 5.46. The largest absolute Gasteiger partial charge is 0.296 e. The number of benzene rings is 1. The lowest BCUT2D eigenvalue weighted by atomic mass is 10.1. The smallest absolute Gasteiger partial charge is 0.222 e. The van der Waals surface area contributed by atoms with Crippen LogP contribution in [-0.2, 0) is 13.0 Å². The van der Waals surface area contributed by atoms with Crippen molar-refractivity contribution in [1.29, 1.82) is 0 Å². The van der Waals surface area contributed by atoms with Crippen LogP contribution in [0.1, 0.15) is 63.2 Å². The molecule has 0 radical (unpaired) electrons. The minimum absolute atomic E-state index is 0.350. The fraction of sp³-hybridized carbons (Fsp3) is 0.409. The third-order valence-electron chi connectivity index (χ3n) is 5.57. The first-order valence-electron chi connectivity index (χ1n) is 10.8. The van der Waals surface area contributed by atoms with Crippen LogP contribution in [0.4, 0.5) is 0 Å². The van der Waals surface area contributed by atoms with Gasteiger partial charge < -0.3 is 0 Å². The molecule has 3 aromatic heterocycles. The average Bonchev–Trinajstić information content (AvgIpc) is 3.51. The lowest BCUT2D eigenvalue weighted by Crippen LogP contribution is -2.08. The van der Waals surface area contributed by atoms with E-state index in [1.54, 1.807) is 6.07 Å². The summed E-state index contributed by atoms with van der Waals surface area (Å²) in [6, 6.07) is 9.80. The van der Waals surface area contributed by atoms with Gasteiger partial charge in [-0.05, 0) is 41.8 Å². The molecule has 10 heteroatoms. The number of aromatic amines is 1. The van der Waals surface area contributed by atoms with E-state index in [9.17, 15) is 0 Å². The van der Waals surface area contributed by atoms with Crippen LogP contribution in [0.2, 0.25) is 10.2 Å². The standard InChI is InChI=1S/C22H26Cl2N8/c1-4-6-7-19-25-21(14(3)5-2)28-31(19)13-15-8-10-16(11-9-15)32-18(24)12-17(23)20(32)22-26-29-30-27-22/h8-12,14H,4-7,13H2,1-3H3,(H,26,27,29,30). The second-order valence-corrected chi connectivity index (χ2v) is 8.65. The highest BCUT2D eigenvalue weighted by molar-refractivity contribution is 6.36. The molecule has 0 bridgehead atoms. The van der Waals surface area contributed by atoms with Crippen molar-refractivity contribution in [3.05, 3.63) is 57.7 Å². The summed E-state index contributed by atoms with van der Waals surface area (Å²) in [7, 11) is 0. The van der Waals surface area contributed by atoms with Gasteiger partial charge in [-0.25, -0.2) is 9.67 Å². The Balaban J connectivity index is 1.62. The van der Waals surface area contributed by atoms with E-state index >= 15 is 0 Å². The molecule has 168 valence electrons. The quantitative estimate of drug-likeness (QED) is 0.349. The molecule has 0 aliphatic heterocycles. The SMILES string of the molecule is CCCCc1nc(C(C)CC)nn1Cc1ccc(-n2c(Cl)cc(Cl)c2-c2nn[nH]n2)cc1. The molecule has 1 unspecified atom stereocenters. The summed E-state index contributed by atoms with van der Waals surface area (Å²) < 4.78 is 3.85. The van der Waals surface area contributed by atoms with Crippen LogP contribution in [0.3, 0.4) is 0 Å².